The van der Waals surface area contributed by atoms with Crippen LogP contribution in [-0.2, 0) is 20.0 Å². The van der Waals surface area contributed by atoms with Crippen molar-refractivity contribution in [2.45, 2.75) is 13.0 Å². The molecule has 0 amide bonds. The molecule has 0 atom stereocenters. The van der Waals surface area contributed by atoms with Crippen molar-refractivity contribution in [3.63, 3.8) is 0 Å². The fraction of sp³-hybridized carbons (Fsp3) is 0.217. The quantitative estimate of drug-likeness (QED) is 0.397. The summed E-state index contributed by atoms with van der Waals surface area (Å²) in [7, 11) is 3.70. The molecule has 148 valence electrons. The fourth-order valence-electron chi connectivity index (χ4n) is 3.30. The lowest BCUT2D eigenvalue weighted by Crippen LogP contribution is -2.27. The van der Waals surface area contributed by atoms with Crippen molar-refractivity contribution in [1.29, 1.82) is 0 Å². The van der Waals surface area contributed by atoms with E-state index in [1.165, 1.54) is 11.1 Å². The van der Waals surface area contributed by atoms with Gasteiger partial charge in [0.15, 0.2) is 0 Å². The topological polar surface area (TPSA) is 43.2 Å². The lowest BCUT2D eigenvalue weighted by atomic mass is 10.1. The Morgan fingerprint density at radius 1 is 1.00 bits per heavy atom. The Balaban J connectivity index is 1.59. The highest BCUT2D eigenvalue weighted by atomic mass is 79.9. The van der Waals surface area contributed by atoms with E-state index < -0.39 is 0 Å². The minimum atomic E-state index is 0.746. The highest BCUT2D eigenvalue weighted by Crippen LogP contribution is 2.20. The van der Waals surface area contributed by atoms with Crippen LogP contribution in [0.15, 0.2) is 71.5 Å². The van der Waals surface area contributed by atoms with E-state index in [0.717, 1.165) is 46.7 Å². The number of benzene rings is 2. The number of nitrogens with zero attached hydrogens (tertiary/aromatic N) is 4. The maximum atomic E-state index is 5.26. The van der Waals surface area contributed by atoms with Crippen LogP contribution in [0.1, 0.15) is 11.1 Å². The number of methoxy groups -OCH3 is 1. The number of halogens is 1. The molecule has 0 spiro atoms. The first-order chi connectivity index (χ1) is 14.1. The molecule has 0 fully saturated rings. The van der Waals surface area contributed by atoms with Gasteiger partial charge in [-0.15, -0.1) is 0 Å². The highest BCUT2D eigenvalue weighted by Gasteiger charge is 2.13. The number of rotatable bonds is 7. The Kier molecular flexibility index (Phi) is 5.81. The average molecular weight is 451 g/mol. The van der Waals surface area contributed by atoms with Crippen LogP contribution in [0.2, 0.25) is 0 Å². The molecule has 0 aliphatic carbocycles. The van der Waals surface area contributed by atoms with E-state index in [2.05, 4.69) is 62.2 Å². The molecule has 6 heteroatoms. The number of ether oxygens (including phenoxy) is 1. The van der Waals surface area contributed by atoms with E-state index in [9.17, 15) is 0 Å². The largest absolute Gasteiger partial charge is 0.497 e. The SMILES string of the molecule is COc1ccc(CCN(Cc2ccc(Br)cc2)c2ncc3ccn(C)c3n2)cc1. The van der Waals surface area contributed by atoms with Crippen LogP contribution < -0.4 is 9.64 Å². The van der Waals surface area contributed by atoms with Crippen molar-refractivity contribution in [2.75, 3.05) is 18.6 Å². The summed E-state index contributed by atoms with van der Waals surface area (Å²) in [6.45, 7) is 1.57. The van der Waals surface area contributed by atoms with Gasteiger partial charge in [0.05, 0.1) is 7.11 Å². The summed E-state index contributed by atoms with van der Waals surface area (Å²) >= 11 is 3.51. The standard InChI is InChI=1S/C23H23BrN4O/c1-27-13-12-19-15-25-23(26-22(19)27)28(16-18-3-7-20(24)8-4-18)14-11-17-5-9-21(29-2)10-6-17/h3-10,12-13,15H,11,14,16H2,1-2H3. The Hall–Kier alpha value is -2.86. The normalized spacial score (nSPS) is 11.0. The summed E-state index contributed by atoms with van der Waals surface area (Å²) in [5.74, 6) is 1.62. The highest BCUT2D eigenvalue weighted by molar-refractivity contribution is 9.10. The minimum Gasteiger partial charge on any atom is -0.497 e. The van der Waals surface area contributed by atoms with E-state index in [-0.39, 0.29) is 0 Å². The Labute approximate surface area is 179 Å². The molecule has 2 aromatic carbocycles. The molecule has 4 aromatic rings. The van der Waals surface area contributed by atoms with Gasteiger partial charge in [0.25, 0.3) is 0 Å². The van der Waals surface area contributed by atoms with Gasteiger partial charge in [-0.3, -0.25) is 0 Å². The van der Waals surface area contributed by atoms with Crippen LogP contribution in [0.25, 0.3) is 11.0 Å². The third-order valence-electron chi connectivity index (χ3n) is 4.99. The third kappa shape index (κ3) is 4.59. The van der Waals surface area contributed by atoms with Crippen molar-refractivity contribution in [1.82, 2.24) is 14.5 Å². The van der Waals surface area contributed by atoms with Crippen LogP contribution in [0.3, 0.4) is 0 Å². The van der Waals surface area contributed by atoms with Crippen molar-refractivity contribution in [3.8, 4) is 5.75 Å². The van der Waals surface area contributed by atoms with Gasteiger partial charge >= 0.3 is 0 Å². The molecule has 0 aliphatic heterocycles. The molecule has 2 heterocycles. The molecule has 5 nitrogen and oxygen atoms in total. The Bertz CT molecular complexity index is 1090. The molecule has 0 radical (unpaired) electrons. The Morgan fingerprint density at radius 2 is 1.72 bits per heavy atom. The van der Waals surface area contributed by atoms with Crippen LogP contribution >= 0.6 is 15.9 Å². The van der Waals surface area contributed by atoms with Crippen LogP contribution in [0.4, 0.5) is 5.95 Å². The number of anilines is 1. The van der Waals surface area contributed by atoms with Gasteiger partial charge in [-0.2, -0.15) is 4.98 Å². The van der Waals surface area contributed by atoms with Crippen molar-refractivity contribution < 1.29 is 4.74 Å². The summed E-state index contributed by atoms with van der Waals surface area (Å²) in [5.41, 5.74) is 3.42. The number of aryl methyl sites for hydroxylation is 1. The maximum absolute atomic E-state index is 5.26. The number of hydrogen-bond acceptors (Lipinski definition) is 4. The first kappa shape index (κ1) is 19.5. The van der Waals surface area contributed by atoms with E-state index >= 15 is 0 Å². The monoisotopic (exact) mass is 450 g/mol. The van der Waals surface area contributed by atoms with Gasteiger partial charge < -0.3 is 14.2 Å². The molecule has 2 aromatic heterocycles. The van der Waals surface area contributed by atoms with Crippen LogP contribution in [0.5, 0.6) is 5.75 Å². The van der Waals surface area contributed by atoms with E-state index in [4.69, 9.17) is 9.72 Å². The van der Waals surface area contributed by atoms with Crippen LogP contribution in [-0.4, -0.2) is 28.2 Å². The van der Waals surface area contributed by atoms with Gasteiger partial charge in [0.1, 0.15) is 11.4 Å². The second kappa shape index (κ2) is 8.66. The summed E-state index contributed by atoms with van der Waals surface area (Å²) in [6, 6.07) is 18.7. The first-order valence-corrected chi connectivity index (χ1v) is 10.3. The molecular formula is C23H23BrN4O. The van der Waals surface area contributed by atoms with E-state index in [1.54, 1.807) is 7.11 Å². The van der Waals surface area contributed by atoms with Gasteiger partial charge in [-0.05, 0) is 47.9 Å². The third-order valence-corrected chi connectivity index (χ3v) is 5.52. The van der Waals surface area contributed by atoms with Crippen LogP contribution in [0, 0.1) is 0 Å². The number of hydrogen-bond donors (Lipinski definition) is 0. The van der Waals surface area contributed by atoms with E-state index in [1.807, 2.05) is 42.2 Å². The van der Waals surface area contributed by atoms with Gasteiger partial charge in [0.2, 0.25) is 5.95 Å². The molecule has 0 saturated carbocycles. The maximum Gasteiger partial charge on any atom is 0.227 e. The van der Waals surface area contributed by atoms with Gasteiger partial charge in [0, 0.05) is 42.4 Å². The van der Waals surface area contributed by atoms with Crippen molar-refractivity contribution >= 4 is 32.9 Å². The molecule has 0 saturated heterocycles. The van der Waals surface area contributed by atoms with Crippen molar-refractivity contribution in [3.05, 3.63) is 82.6 Å². The predicted octanol–water partition coefficient (Wildman–Crippen LogP) is 4.99. The predicted molar refractivity (Wildman–Crippen MR) is 120 cm³/mol. The average Bonchev–Trinajstić information content (AvgIpc) is 3.13. The number of aromatic nitrogens is 3. The zero-order valence-corrected chi connectivity index (χ0v) is 18.1. The molecule has 29 heavy (non-hydrogen) atoms. The molecule has 4 rings (SSSR count). The second-order valence-electron chi connectivity index (χ2n) is 7.02. The zero-order valence-electron chi connectivity index (χ0n) is 16.5. The number of fused-ring (bicyclic) bond motifs is 1. The summed E-state index contributed by atoms with van der Waals surface area (Å²) in [4.78, 5) is 11.7. The smallest absolute Gasteiger partial charge is 0.227 e. The lowest BCUT2D eigenvalue weighted by Gasteiger charge is -2.23. The molecule has 0 bridgehead atoms. The lowest BCUT2D eigenvalue weighted by molar-refractivity contribution is 0.414. The fourth-order valence-corrected chi connectivity index (χ4v) is 3.57. The summed E-state index contributed by atoms with van der Waals surface area (Å²) in [6.07, 6.45) is 4.81. The van der Waals surface area contributed by atoms with Crippen molar-refractivity contribution in [2.24, 2.45) is 7.05 Å². The molecule has 0 N–H and O–H groups in total. The van der Waals surface area contributed by atoms with Gasteiger partial charge in [-0.1, -0.05) is 40.2 Å². The van der Waals surface area contributed by atoms with Gasteiger partial charge in [-0.25, -0.2) is 4.98 Å². The molecule has 0 unspecified atom stereocenters. The molecular weight excluding hydrogens is 428 g/mol. The zero-order chi connectivity index (χ0) is 20.2. The Morgan fingerprint density at radius 3 is 2.45 bits per heavy atom. The first-order valence-electron chi connectivity index (χ1n) is 9.53. The summed E-state index contributed by atoms with van der Waals surface area (Å²) < 4.78 is 8.37. The second-order valence-corrected chi connectivity index (χ2v) is 7.94. The van der Waals surface area contributed by atoms with E-state index in [0.29, 0.717) is 0 Å². The summed E-state index contributed by atoms with van der Waals surface area (Å²) in [5, 5.41) is 1.05. The minimum absolute atomic E-state index is 0.746. The molecule has 0 aliphatic rings.